The predicted molar refractivity (Wildman–Crippen MR) is 78.4 cm³/mol. The molecule has 0 aliphatic carbocycles. The van der Waals surface area contributed by atoms with Gasteiger partial charge in [-0.25, -0.2) is 9.78 Å². The van der Waals surface area contributed by atoms with Crippen LogP contribution in [0, 0.1) is 0 Å². The Morgan fingerprint density at radius 3 is 2.70 bits per heavy atom. The van der Waals surface area contributed by atoms with E-state index >= 15 is 0 Å². The van der Waals surface area contributed by atoms with Crippen LogP contribution in [0.1, 0.15) is 39.9 Å². The SMILES string of the molecule is CCC(CNCc1nccn1C)NC(=O)OC(C)(C)C. The van der Waals surface area contributed by atoms with Crippen molar-refractivity contribution in [1.82, 2.24) is 20.2 Å². The molecule has 0 aliphatic heterocycles. The molecule has 0 radical (unpaired) electrons. The van der Waals surface area contributed by atoms with Crippen LogP contribution >= 0.6 is 0 Å². The first kappa shape index (κ1) is 16.5. The van der Waals surface area contributed by atoms with Crippen LogP contribution in [0.3, 0.4) is 0 Å². The van der Waals surface area contributed by atoms with E-state index in [2.05, 4.69) is 15.6 Å². The number of aromatic nitrogens is 2. The van der Waals surface area contributed by atoms with Gasteiger partial charge in [-0.1, -0.05) is 6.92 Å². The van der Waals surface area contributed by atoms with Gasteiger partial charge < -0.3 is 19.9 Å². The number of nitrogens with zero attached hydrogens (tertiary/aromatic N) is 2. The van der Waals surface area contributed by atoms with Crippen molar-refractivity contribution in [3.8, 4) is 0 Å². The number of imidazole rings is 1. The minimum absolute atomic E-state index is 0.0464. The highest BCUT2D eigenvalue weighted by molar-refractivity contribution is 5.68. The Labute approximate surface area is 120 Å². The van der Waals surface area contributed by atoms with E-state index in [1.165, 1.54) is 0 Å². The summed E-state index contributed by atoms with van der Waals surface area (Å²) in [6.07, 6.45) is 4.15. The van der Waals surface area contributed by atoms with Gasteiger partial charge in [-0.3, -0.25) is 0 Å². The number of hydrogen-bond donors (Lipinski definition) is 2. The summed E-state index contributed by atoms with van der Waals surface area (Å²) < 4.78 is 7.21. The van der Waals surface area contributed by atoms with E-state index in [-0.39, 0.29) is 12.1 Å². The van der Waals surface area contributed by atoms with Gasteiger partial charge in [-0.2, -0.15) is 0 Å². The van der Waals surface area contributed by atoms with Crippen molar-refractivity contribution < 1.29 is 9.53 Å². The molecule has 0 saturated heterocycles. The number of ether oxygens (including phenoxy) is 1. The molecule has 1 unspecified atom stereocenters. The molecule has 0 spiro atoms. The summed E-state index contributed by atoms with van der Waals surface area (Å²) in [6, 6.07) is 0.0464. The fraction of sp³-hybridized carbons (Fsp3) is 0.714. The Kier molecular flexibility index (Phi) is 6.01. The van der Waals surface area contributed by atoms with Crippen LogP contribution in [-0.2, 0) is 18.3 Å². The van der Waals surface area contributed by atoms with E-state index in [9.17, 15) is 4.79 Å². The molecule has 1 aromatic rings. The molecular weight excluding hydrogens is 256 g/mol. The smallest absolute Gasteiger partial charge is 0.407 e. The number of carbonyl (C=O) groups excluding carboxylic acids is 1. The minimum atomic E-state index is -0.469. The van der Waals surface area contributed by atoms with Gasteiger partial charge in [0.25, 0.3) is 0 Å². The minimum Gasteiger partial charge on any atom is -0.444 e. The zero-order valence-electron chi connectivity index (χ0n) is 13.1. The lowest BCUT2D eigenvalue weighted by Gasteiger charge is -2.23. The third-order valence-corrected chi connectivity index (χ3v) is 2.81. The molecule has 20 heavy (non-hydrogen) atoms. The topological polar surface area (TPSA) is 68.2 Å². The largest absolute Gasteiger partial charge is 0.444 e. The van der Waals surface area contributed by atoms with Crippen molar-refractivity contribution in [3.63, 3.8) is 0 Å². The Hall–Kier alpha value is -1.56. The number of amides is 1. The normalized spacial score (nSPS) is 13.1. The molecule has 0 aromatic carbocycles. The summed E-state index contributed by atoms with van der Waals surface area (Å²) in [5.74, 6) is 0.970. The van der Waals surface area contributed by atoms with E-state index in [0.717, 1.165) is 12.2 Å². The van der Waals surface area contributed by atoms with Crippen molar-refractivity contribution in [2.75, 3.05) is 6.54 Å². The molecule has 6 heteroatoms. The number of aryl methyl sites for hydroxylation is 1. The molecule has 1 heterocycles. The van der Waals surface area contributed by atoms with Crippen LogP contribution in [0.5, 0.6) is 0 Å². The van der Waals surface area contributed by atoms with Gasteiger partial charge >= 0.3 is 6.09 Å². The van der Waals surface area contributed by atoms with Crippen LogP contribution in [0.4, 0.5) is 4.79 Å². The zero-order chi connectivity index (χ0) is 15.2. The lowest BCUT2D eigenvalue weighted by molar-refractivity contribution is 0.0502. The van der Waals surface area contributed by atoms with Crippen molar-refractivity contribution in [3.05, 3.63) is 18.2 Å². The molecular formula is C14H26N4O2. The fourth-order valence-electron chi connectivity index (χ4n) is 1.70. The second-order valence-electron chi connectivity index (χ2n) is 5.84. The quantitative estimate of drug-likeness (QED) is 0.835. The van der Waals surface area contributed by atoms with Crippen molar-refractivity contribution in [2.24, 2.45) is 7.05 Å². The second kappa shape index (κ2) is 7.28. The molecule has 1 rings (SSSR count). The number of carbonyl (C=O) groups is 1. The van der Waals surface area contributed by atoms with Gasteiger partial charge in [0.15, 0.2) is 0 Å². The van der Waals surface area contributed by atoms with E-state index in [1.54, 1.807) is 6.20 Å². The Morgan fingerprint density at radius 1 is 1.50 bits per heavy atom. The van der Waals surface area contributed by atoms with Gasteiger partial charge in [0.05, 0.1) is 6.54 Å². The lowest BCUT2D eigenvalue weighted by Crippen LogP contribution is -2.43. The first-order chi connectivity index (χ1) is 9.31. The molecule has 0 bridgehead atoms. The van der Waals surface area contributed by atoms with Crippen LogP contribution < -0.4 is 10.6 Å². The average molecular weight is 282 g/mol. The molecule has 114 valence electrons. The summed E-state index contributed by atoms with van der Waals surface area (Å²) in [5, 5.41) is 6.16. The number of nitrogens with one attached hydrogen (secondary N) is 2. The van der Waals surface area contributed by atoms with E-state index in [1.807, 2.05) is 45.5 Å². The number of hydrogen-bond acceptors (Lipinski definition) is 4. The van der Waals surface area contributed by atoms with Gasteiger partial charge in [0.1, 0.15) is 11.4 Å². The first-order valence-corrected chi connectivity index (χ1v) is 6.98. The Bertz CT molecular complexity index is 423. The highest BCUT2D eigenvalue weighted by Crippen LogP contribution is 2.07. The van der Waals surface area contributed by atoms with Crippen molar-refractivity contribution >= 4 is 6.09 Å². The molecule has 6 nitrogen and oxygen atoms in total. The summed E-state index contributed by atoms with van der Waals surface area (Å²) in [5.41, 5.74) is -0.469. The first-order valence-electron chi connectivity index (χ1n) is 6.98. The molecule has 0 fully saturated rings. The van der Waals surface area contributed by atoms with Crippen molar-refractivity contribution in [2.45, 2.75) is 52.3 Å². The van der Waals surface area contributed by atoms with Gasteiger partial charge in [-0.15, -0.1) is 0 Å². The number of alkyl carbamates (subject to hydrolysis) is 1. The number of rotatable bonds is 6. The molecule has 1 aromatic heterocycles. The van der Waals surface area contributed by atoms with Gasteiger partial charge in [0, 0.05) is 32.0 Å². The fourth-order valence-corrected chi connectivity index (χ4v) is 1.70. The molecule has 2 N–H and O–H groups in total. The molecule has 1 amide bonds. The summed E-state index contributed by atoms with van der Waals surface area (Å²) >= 11 is 0. The van der Waals surface area contributed by atoms with E-state index in [4.69, 9.17) is 4.74 Å². The average Bonchev–Trinajstić information content (AvgIpc) is 2.71. The zero-order valence-corrected chi connectivity index (χ0v) is 13.1. The van der Waals surface area contributed by atoms with Crippen LogP contribution in [0.15, 0.2) is 12.4 Å². The lowest BCUT2D eigenvalue weighted by atomic mass is 10.2. The van der Waals surface area contributed by atoms with Crippen LogP contribution in [0.2, 0.25) is 0 Å². The summed E-state index contributed by atoms with van der Waals surface area (Å²) in [6.45, 7) is 8.95. The van der Waals surface area contributed by atoms with Crippen LogP contribution in [0.25, 0.3) is 0 Å². The summed E-state index contributed by atoms with van der Waals surface area (Å²) in [7, 11) is 1.96. The Morgan fingerprint density at radius 2 is 2.20 bits per heavy atom. The van der Waals surface area contributed by atoms with E-state index < -0.39 is 5.60 Å². The van der Waals surface area contributed by atoms with Crippen molar-refractivity contribution in [1.29, 1.82) is 0 Å². The van der Waals surface area contributed by atoms with Crippen LogP contribution in [-0.4, -0.2) is 33.8 Å². The summed E-state index contributed by atoms with van der Waals surface area (Å²) in [4.78, 5) is 15.9. The Balaban J connectivity index is 2.32. The third-order valence-electron chi connectivity index (χ3n) is 2.81. The van der Waals surface area contributed by atoms with Gasteiger partial charge in [-0.05, 0) is 27.2 Å². The molecule has 1 atom stereocenters. The maximum absolute atomic E-state index is 11.7. The standard InChI is InChI=1S/C14H26N4O2/c1-6-11(17-13(19)20-14(2,3)4)9-15-10-12-16-7-8-18(12)5/h7-8,11,15H,6,9-10H2,1-5H3,(H,17,19). The molecule has 0 aliphatic rings. The third kappa shape index (κ3) is 6.06. The molecule has 0 saturated carbocycles. The predicted octanol–water partition coefficient (Wildman–Crippen LogP) is 1.81. The highest BCUT2D eigenvalue weighted by Gasteiger charge is 2.18. The second-order valence-corrected chi connectivity index (χ2v) is 5.84. The monoisotopic (exact) mass is 282 g/mol. The van der Waals surface area contributed by atoms with E-state index in [0.29, 0.717) is 13.1 Å². The maximum atomic E-state index is 11.7. The van der Waals surface area contributed by atoms with Gasteiger partial charge in [0.2, 0.25) is 0 Å². The maximum Gasteiger partial charge on any atom is 0.407 e. The highest BCUT2D eigenvalue weighted by atomic mass is 16.6.